The van der Waals surface area contributed by atoms with Crippen LogP contribution in [0.3, 0.4) is 0 Å². The number of hydrogen-bond donors (Lipinski definition) is 3. The average Bonchev–Trinajstić information content (AvgIpc) is 3.02. The molecule has 1 aromatic rings. The van der Waals surface area contributed by atoms with Crippen molar-refractivity contribution in [2.24, 2.45) is 10.7 Å². The Hall–Kier alpha value is -3.82. The summed E-state index contributed by atoms with van der Waals surface area (Å²) in [5.74, 6) is -0.269. The minimum Gasteiger partial charge on any atom is -0.446 e. The summed E-state index contributed by atoms with van der Waals surface area (Å²) < 4.78 is 10.9. The van der Waals surface area contributed by atoms with Gasteiger partial charge in [-0.2, -0.15) is 0 Å². The first-order valence-electron chi connectivity index (χ1n) is 15.4. The zero-order valence-corrected chi connectivity index (χ0v) is 27.8. The van der Waals surface area contributed by atoms with E-state index >= 15 is 0 Å². The third-order valence-corrected chi connectivity index (χ3v) is 7.79. The molecule has 1 aliphatic carbocycles. The molecule has 9 nitrogen and oxygen atoms in total. The number of piperidine rings is 1. The van der Waals surface area contributed by atoms with E-state index in [0.29, 0.717) is 30.1 Å². The van der Waals surface area contributed by atoms with Gasteiger partial charge in [0.2, 0.25) is 5.91 Å². The molecule has 2 fully saturated rings. The van der Waals surface area contributed by atoms with Crippen LogP contribution < -0.4 is 16.4 Å². The summed E-state index contributed by atoms with van der Waals surface area (Å²) in [6.45, 7) is 14.9. The molecule has 1 saturated carbocycles. The normalized spacial score (nSPS) is 16.0. The number of halogens is 1. The number of allylic oxidation sites excluding steroid dienone is 2. The highest BCUT2D eigenvalue weighted by Crippen LogP contribution is 2.37. The van der Waals surface area contributed by atoms with Crippen molar-refractivity contribution in [2.45, 2.75) is 70.4 Å². The molecule has 0 aromatic heterocycles. The number of carbonyl (C=O) groups is 2. The SMILES string of the molecule is C=C(C)CC(=C1CCN(C(=O)OC2CCCCC2)CC1)c1ccc(Cl)cc1C(=C)C(/C=C/NC=NC)NC(=O)COC.C=CN. The number of carbonyl (C=O) groups excluding carboxylic acids is 2. The van der Waals surface area contributed by atoms with Gasteiger partial charge in [-0.25, -0.2) is 4.79 Å². The molecule has 1 aromatic carbocycles. The number of hydrogen-bond acceptors (Lipinski definition) is 6. The van der Waals surface area contributed by atoms with Crippen molar-refractivity contribution in [2.75, 3.05) is 33.9 Å². The number of methoxy groups -OCH3 is 1. The first kappa shape index (κ1) is 37.4. The number of rotatable bonds is 12. The van der Waals surface area contributed by atoms with Gasteiger partial charge in [0, 0.05) is 38.5 Å². The van der Waals surface area contributed by atoms with Crippen molar-refractivity contribution in [1.29, 1.82) is 0 Å². The Morgan fingerprint density at radius 1 is 1.18 bits per heavy atom. The Morgan fingerprint density at radius 2 is 1.84 bits per heavy atom. The lowest BCUT2D eigenvalue weighted by Crippen LogP contribution is -2.39. The van der Waals surface area contributed by atoms with Crippen molar-refractivity contribution in [1.82, 2.24) is 15.5 Å². The fourth-order valence-electron chi connectivity index (χ4n) is 5.45. The van der Waals surface area contributed by atoms with E-state index in [9.17, 15) is 9.59 Å². The predicted octanol–water partition coefficient (Wildman–Crippen LogP) is 6.62. The number of likely N-dealkylation sites (tertiary alicyclic amines) is 1. The van der Waals surface area contributed by atoms with E-state index in [-0.39, 0.29) is 24.7 Å². The Morgan fingerprint density at radius 3 is 2.44 bits per heavy atom. The second kappa shape index (κ2) is 20.3. The molecule has 45 heavy (non-hydrogen) atoms. The van der Waals surface area contributed by atoms with Gasteiger partial charge in [0.05, 0.1) is 12.4 Å². The fourth-order valence-corrected chi connectivity index (χ4v) is 5.63. The lowest BCUT2D eigenvalue weighted by atomic mass is 9.84. The standard InChI is InChI=1S/C33H45ClN4O4.C2H5N/c1-23(2)19-30(25-14-17-38(18-15-25)33(40)42-27-9-7-6-8-10-27)28-12-11-26(34)20-29(28)24(3)31(13-16-36-22-35-4)37-32(39)21-41-5;1-2-3/h11-13,16,20,22,27,31H,1,3,6-10,14-15,17-19,21H2,2,4-5H3,(H,35,36)(H,37,39);2H,1,3H2/b16-13+;. The molecule has 0 spiro atoms. The summed E-state index contributed by atoms with van der Waals surface area (Å²) in [5.41, 5.74) is 10.6. The van der Waals surface area contributed by atoms with Gasteiger partial charge in [0.1, 0.15) is 12.7 Å². The molecular weight excluding hydrogens is 590 g/mol. The molecule has 1 heterocycles. The summed E-state index contributed by atoms with van der Waals surface area (Å²) in [6.07, 6.45) is 13.7. The molecule has 4 N–H and O–H groups in total. The number of aliphatic imine (C=N–C) groups is 1. The summed E-state index contributed by atoms with van der Waals surface area (Å²) in [4.78, 5) is 31.2. The van der Waals surface area contributed by atoms with Crippen LogP contribution in [0.15, 0.2) is 72.6 Å². The minimum atomic E-state index is -0.532. The number of benzene rings is 1. The Bertz CT molecular complexity index is 1260. The van der Waals surface area contributed by atoms with E-state index in [1.165, 1.54) is 25.3 Å². The summed E-state index contributed by atoms with van der Waals surface area (Å²) in [7, 11) is 3.14. The predicted molar refractivity (Wildman–Crippen MR) is 186 cm³/mol. The largest absolute Gasteiger partial charge is 0.446 e. The molecule has 0 bridgehead atoms. The van der Waals surface area contributed by atoms with E-state index < -0.39 is 6.04 Å². The van der Waals surface area contributed by atoms with Crippen molar-refractivity contribution < 1.29 is 19.1 Å². The first-order chi connectivity index (χ1) is 21.6. The van der Waals surface area contributed by atoms with E-state index in [2.05, 4.69) is 41.1 Å². The van der Waals surface area contributed by atoms with Gasteiger partial charge in [-0.15, -0.1) is 0 Å². The molecule has 246 valence electrons. The van der Waals surface area contributed by atoms with Gasteiger partial charge in [0.15, 0.2) is 0 Å². The smallest absolute Gasteiger partial charge is 0.410 e. The molecular formula is C35H50ClN5O4. The second-order valence-electron chi connectivity index (χ2n) is 11.2. The van der Waals surface area contributed by atoms with E-state index in [4.69, 9.17) is 21.1 Å². The third-order valence-electron chi connectivity index (χ3n) is 7.56. The molecule has 1 aliphatic heterocycles. The van der Waals surface area contributed by atoms with Gasteiger partial charge in [-0.05, 0) is 98.6 Å². The maximum absolute atomic E-state index is 12.9. The van der Waals surface area contributed by atoms with Crippen molar-refractivity contribution in [3.05, 3.63) is 83.7 Å². The summed E-state index contributed by atoms with van der Waals surface area (Å²) >= 11 is 6.51. The molecule has 2 amide bonds. The van der Waals surface area contributed by atoms with Crippen LogP contribution in [0.4, 0.5) is 4.79 Å². The van der Waals surface area contributed by atoms with E-state index in [1.807, 2.05) is 36.1 Å². The quantitative estimate of drug-likeness (QED) is 0.134. The highest BCUT2D eigenvalue weighted by atomic mass is 35.5. The maximum Gasteiger partial charge on any atom is 0.410 e. The number of nitrogens with one attached hydrogen (secondary N) is 2. The molecule has 3 rings (SSSR count). The van der Waals surface area contributed by atoms with Gasteiger partial charge in [-0.3, -0.25) is 9.79 Å². The molecule has 1 unspecified atom stereocenters. The molecule has 0 radical (unpaired) electrons. The van der Waals surface area contributed by atoms with Crippen LogP contribution in [0.2, 0.25) is 5.02 Å². The van der Waals surface area contributed by atoms with Crippen LogP contribution in [-0.4, -0.2) is 69.2 Å². The van der Waals surface area contributed by atoms with Crippen LogP contribution >= 0.6 is 11.6 Å². The Kier molecular flexibility index (Phi) is 16.8. The molecule has 10 heteroatoms. The zero-order valence-electron chi connectivity index (χ0n) is 27.1. The Balaban J connectivity index is 0.00000226. The van der Waals surface area contributed by atoms with Crippen molar-refractivity contribution >= 4 is 41.1 Å². The van der Waals surface area contributed by atoms with Gasteiger partial charge >= 0.3 is 6.09 Å². The van der Waals surface area contributed by atoms with E-state index in [0.717, 1.165) is 60.8 Å². The zero-order chi connectivity index (χ0) is 33.2. The lowest BCUT2D eigenvalue weighted by molar-refractivity contribution is -0.124. The molecule has 1 saturated heterocycles. The second-order valence-corrected chi connectivity index (χ2v) is 11.6. The van der Waals surface area contributed by atoms with Crippen LogP contribution in [-0.2, 0) is 14.3 Å². The highest BCUT2D eigenvalue weighted by molar-refractivity contribution is 6.30. The van der Waals surface area contributed by atoms with Gasteiger partial charge in [0.25, 0.3) is 0 Å². The molecule has 2 aliphatic rings. The fraction of sp³-hybridized carbons (Fsp3) is 0.457. The molecule has 1 atom stereocenters. The van der Waals surface area contributed by atoms with Crippen molar-refractivity contribution in [3.63, 3.8) is 0 Å². The first-order valence-corrected chi connectivity index (χ1v) is 15.8. The number of ether oxygens (including phenoxy) is 2. The average molecular weight is 640 g/mol. The topological polar surface area (TPSA) is 118 Å². The number of amides is 2. The van der Waals surface area contributed by atoms with Crippen molar-refractivity contribution in [3.8, 4) is 0 Å². The highest BCUT2D eigenvalue weighted by Gasteiger charge is 2.27. The van der Waals surface area contributed by atoms with Gasteiger partial charge < -0.3 is 30.7 Å². The summed E-state index contributed by atoms with van der Waals surface area (Å²) in [5, 5.41) is 6.51. The van der Waals surface area contributed by atoms with Crippen LogP contribution in [0.1, 0.15) is 69.4 Å². The van der Waals surface area contributed by atoms with Crippen LogP contribution in [0, 0.1) is 0 Å². The van der Waals surface area contributed by atoms with Crippen LogP contribution in [0.25, 0.3) is 11.1 Å². The van der Waals surface area contributed by atoms with Gasteiger partial charge in [-0.1, -0.05) is 55.0 Å². The summed E-state index contributed by atoms with van der Waals surface area (Å²) in [6, 6.07) is 5.24. The minimum absolute atomic E-state index is 0.0423. The maximum atomic E-state index is 12.9. The Labute approximate surface area is 274 Å². The number of nitrogens with zero attached hydrogens (tertiary/aromatic N) is 2. The lowest BCUT2D eigenvalue weighted by Gasteiger charge is -2.32. The third kappa shape index (κ3) is 12.6. The monoisotopic (exact) mass is 639 g/mol. The van der Waals surface area contributed by atoms with Crippen LogP contribution in [0.5, 0.6) is 0 Å². The van der Waals surface area contributed by atoms with E-state index in [1.54, 1.807) is 19.6 Å². The number of nitrogens with two attached hydrogens (primary N) is 1.